The molecule has 0 unspecified atom stereocenters. The Balaban J connectivity index is 2.22. The molecule has 0 amide bonds. The maximum Gasteiger partial charge on any atom is 0.181 e. The van der Waals surface area contributed by atoms with Crippen molar-refractivity contribution in [1.82, 2.24) is 10.3 Å². The molecule has 0 aliphatic heterocycles. The predicted octanol–water partition coefficient (Wildman–Crippen LogP) is 3.61. The van der Waals surface area contributed by atoms with Crippen LogP contribution in [-0.2, 0) is 6.54 Å². The van der Waals surface area contributed by atoms with E-state index in [1.807, 2.05) is 18.2 Å². The molecular weight excluding hydrogens is 308 g/mol. The van der Waals surface area contributed by atoms with E-state index in [2.05, 4.69) is 33.2 Å². The number of oxazole rings is 1. The Morgan fingerprint density at radius 1 is 1.42 bits per heavy atom. The first-order valence-electron chi connectivity index (χ1n) is 6.23. The first-order chi connectivity index (χ1) is 9.26. The minimum Gasteiger partial charge on any atom is -0.496 e. The summed E-state index contributed by atoms with van der Waals surface area (Å²) in [5.74, 6) is 1.60. The molecule has 2 rings (SSSR count). The molecule has 1 aromatic heterocycles. The molecule has 1 heterocycles. The van der Waals surface area contributed by atoms with Gasteiger partial charge in [0.2, 0.25) is 0 Å². The first-order valence-corrected chi connectivity index (χ1v) is 7.02. The summed E-state index contributed by atoms with van der Waals surface area (Å²) in [5, 5.41) is 3.33. The molecule has 0 aliphatic carbocycles. The zero-order valence-corrected chi connectivity index (χ0v) is 12.7. The summed E-state index contributed by atoms with van der Waals surface area (Å²) < 4.78 is 11.6. The molecule has 0 spiro atoms. The number of benzene rings is 1. The Morgan fingerprint density at radius 3 is 2.95 bits per heavy atom. The quantitative estimate of drug-likeness (QED) is 0.824. The first kappa shape index (κ1) is 14.1. The van der Waals surface area contributed by atoms with E-state index < -0.39 is 0 Å². The van der Waals surface area contributed by atoms with Crippen LogP contribution in [0.5, 0.6) is 5.75 Å². The van der Waals surface area contributed by atoms with E-state index in [9.17, 15) is 0 Å². The summed E-state index contributed by atoms with van der Waals surface area (Å²) >= 11 is 3.48. The number of halogens is 1. The minimum atomic E-state index is 0.712. The van der Waals surface area contributed by atoms with Crippen LogP contribution in [0.3, 0.4) is 0 Å². The van der Waals surface area contributed by atoms with Crippen LogP contribution in [0.15, 0.2) is 33.5 Å². The highest BCUT2D eigenvalue weighted by Gasteiger charge is 2.12. The van der Waals surface area contributed by atoms with Crippen LogP contribution < -0.4 is 10.1 Å². The Labute approximate surface area is 121 Å². The zero-order chi connectivity index (χ0) is 13.7. The summed E-state index contributed by atoms with van der Waals surface area (Å²) in [6, 6.07) is 5.85. The van der Waals surface area contributed by atoms with Crippen LogP contribution in [0, 0.1) is 0 Å². The van der Waals surface area contributed by atoms with Crippen molar-refractivity contribution >= 4 is 15.9 Å². The van der Waals surface area contributed by atoms with E-state index in [0.717, 1.165) is 40.2 Å². The van der Waals surface area contributed by atoms with Gasteiger partial charge < -0.3 is 14.5 Å². The molecule has 0 saturated heterocycles. The highest BCUT2D eigenvalue weighted by atomic mass is 79.9. The van der Waals surface area contributed by atoms with E-state index in [-0.39, 0.29) is 0 Å². The predicted molar refractivity (Wildman–Crippen MR) is 78.2 cm³/mol. The maximum atomic E-state index is 5.50. The van der Waals surface area contributed by atoms with Gasteiger partial charge in [-0.05, 0) is 47.1 Å². The SMILES string of the molecule is CCCNCc1ncoc1-c1ccc(OC)c(Br)c1. The van der Waals surface area contributed by atoms with Crippen LogP contribution >= 0.6 is 15.9 Å². The fourth-order valence-electron chi connectivity index (χ4n) is 1.82. The van der Waals surface area contributed by atoms with Gasteiger partial charge >= 0.3 is 0 Å². The average Bonchev–Trinajstić information content (AvgIpc) is 2.87. The summed E-state index contributed by atoms with van der Waals surface area (Å²) in [6.07, 6.45) is 2.58. The lowest BCUT2D eigenvalue weighted by Crippen LogP contribution is -2.14. The van der Waals surface area contributed by atoms with Gasteiger partial charge in [-0.2, -0.15) is 0 Å². The van der Waals surface area contributed by atoms with Gasteiger partial charge in [0.1, 0.15) is 11.4 Å². The Kier molecular flexibility index (Phi) is 4.99. The fourth-order valence-corrected chi connectivity index (χ4v) is 2.36. The number of ether oxygens (including phenoxy) is 1. The molecule has 2 aromatic rings. The molecule has 1 N–H and O–H groups in total. The molecule has 102 valence electrons. The number of aromatic nitrogens is 1. The standard InChI is InChI=1S/C14H17BrN2O2/c1-3-6-16-8-12-14(19-9-17-12)10-4-5-13(18-2)11(15)7-10/h4-5,7,9,16H,3,6,8H2,1-2H3. The van der Waals surface area contributed by atoms with Gasteiger partial charge in [0.25, 0.3) is 0 Å². The van der Waals surface area contributed by atoms with Gasteiger partial charge in [0, 0.05) is 12.1 Å². The van der Waals surface area contributed by atoms with Crippen molar-refractivity contribution in [3.05, 3.63) is 34.8 Å². The molecule has 0 aliphatic rings. The second kappa shape index (κ2) is 6.73. The third-order valence-corrected chi connectivity index (χ3v) is 3.39. The van der Waals surface area contributed by atoms with Crippen molar-refractivity contribution in [3.8, 4) is 17.1 Å². The van der Waals surface area contributed by atoms with Crippen LogP contribution in [0.25, 0.3) is 11.3 Å². The molecular formula is C14H17BrN2O2. The average molecular weight is 325 g/mol. The van der Waals surface area contributed by atoms with Gasteiger partial charge in [0.15, 0.2) is 12.2 Å². The third-order valence-electron chi connectivity index (χ3n) is 2.77. The summed E-state index contributed by atoms with van der Waals surface area (Å²) in [4.78, 5) is 4.26. The van der Waals surface area contributed by atoms with E-state index in [4.69, 9.17) is 9.15 Å². The number of hydrogen-bond donors (Lipinski definition) is 1. The Morgan fingerprint density at radius 2 is 2.26 bits per heavy atom. The number of rotatable bonds is 6. The topological polar surface area (TPSA) is 47.3 Å². The van der Waals surface area contributed by atoms with Gasteiger partial charge in [-0.15, -0.1) is 0 Å². The van der Waals surface area contributed by atoms with Crippen molar-refractivity contribution < 1.29 is 9.15 Å². The molecule has 0 saturated carbocycles. The van der Waals surface area contributed by atoms with Crippen LogP contribution in [0.2, 0.25) is 0 Å². The van der Waals surface area contributed by atoms with Gasteiger partial charge in [-0.1, -0.05) is 6.92 Å². The molecule has 4 nitrogen and oxygen atoms in total. The highest BCUT2D eigenvalue weighted by molar-refractivity contribution is 9.10. The van der Waals surface area contributed by atoms with E-state index in [1.54, 1.807) is 7.11 Å². The lowest BCUT2D eigenvalue weighted by Gasteiger charge is -2.06. The zero-order valence-electron chi connectivity index (χ0n) is 11.1. The molecule has 19 heavy (non-hydrogen) atoms. The summed E-state index contributed by atoms with van der Waals surface area (Å²) in [6.45, 7) is 3.82. The van der Waals surface area contributed by atoms with E-state index in [0.29, 0.717) is 6.54 Å². The monoisotopic (exact) mass is 324 g/mol. The van der Waals surface area contributed by atoms with E-state index in [1.165, 1.54) is 6.39 Å². The summed E-state index contributed by atoms with van der Waals surface area (Å²) in [7, 11) is 1.65. The van der Waals surface area contributed by atoms with Gasteiger partial charge in [-0.25, -0.2) is 4.98 Å². The Bertz CT molecular complexity index is 540. The third kappa shape index (κ3) is 3.36. The van der Waals surface area contributed by atoms with Crippen molar-refractivity contribution in [2.75, 3.05) is 13.7 Å². The van der Waals surface area contributed by atoms with Gasteiger partial charge in [0.05, 0.1) is 11.6 Å². The smallest absolute Gasteiger partial charge is 0.181 e. The maximum absolute atomic E-state index is 5.50. The molecule has 0 atom stereocenters. The molecule has 0 bridgehead atoms. The van der Waals surface area contributed by atoms with Crippen LogP contribution in [0.4, 0.5) is 0 Å². The minimum absolute atomic E-state index is 0.712. The van der Waals surface area contributed by atoms with Crippen molar-refractivity contribution in [2.24, 2.45) is 0 Å². The molecule has 1 aromatic carbocycles. The number of hydrogen-bond acceptors (Lipinski definition) is 4. The summed E-state index contributed by atoms with van der Waals surface area (Å²) in [5.41, 5.74) is 1.91. The Hall–Kier alpha value is -1.33. The van der Waals surface area contributed by atoms with E-state index >= 15 is 0 Å². The van der Waals surface area contributed by atoms with Crippen molar-refractivity contribution in [1.29, 1.82) is 0 Å². The highest BCUT2D eigenvalue weighted by Crippen LogP contribution is 2.31. The van der Waals surface area contributed by atoms with Crippen LogP contribution in [0.1, 0.15) is 19.0 Å². The molecule has 5 heteroatoms. The van der Waals surface area contributed by atoms with Crippen molar-refractivity contribution in [2.45, 2.75) is 19.9 Å². The van der Waals surface area contributed by atoms with Gasteiger partial charge in [-0.3, -0.25) is 0 Å². The lowest BCUT2D eigenvalue weighted by atomic mass is 10.1. The second-order valence-electron chi connectivity index (χ2n) is 4.15. The number of nitrogens with one attached hydrogen (secondary N) is 1. The second-order valence-corrected chi connectivity index (χ2v) is 5.01. The number of methoxy groups -OCH3 is 1. The number of nitrogens with zero attached hydrogens (tertiary/aromatic N) is 1. The lowest BCUT2D eigenvalue weighted by molar-refractivity contribution is 0.412. The van der Waals surface area contributed by atoms with Crippen LogP contribution in [-0.4, -0.2) is 18.6 Å². The fraction of sp³-hybridized carbons (Fsp3) is 0.357. The van der Waals surface area contributed by atoms with Crippen molar-refractivity contribution in [3.63, 3.8) is 0 Å². The molecule has 0 fully saturated rings. The molecule has 0 radical (unpaired) electrons. The largest absolute Gasteiger partial charge is 0.496 e. The normalized spacial score (nSPS) is 10.7.